The monoisotopic (exact) mass is 301 g/mol. The van der Waals surface area contributed by atoms with Crippen LogP contribution in [0, 0.1) is 0 Å². The molecule has 0 saturated carbocycles. The Balaban J connectivity index is 2.40. The molecule has 1 aliphatic rings. The van der Waals surface area contributed by atoms with Crippen molar-refractivity contribution in [3.8, 4) is 0 Å². The number of hydrogen-bond donors (Lipinski definition) is 1. The van der Waals surface area contributed by atoms with Crippen molar-refractivity contribution in [3.63, 3.8) is 0 Å². The largest absolute Gasteiger partial charge is 0.474 e. The maximum Gasteiger partial charge on any atom is 0.394 e. The summed E-state index contributed by atoms with van der Waals surface area (Å²) in [6, 6.07) is 5.44. The van der Waals surface area contributed by atoms with Gasteiger partial charge in [0.25, 0.3) is 0 Å². The number of fused-ring (bicyclic) bond motifs is 1. The van der Waals surface area contributed by atoms with Crippen molar-refractivity contribution in [1.82, 2.24) is 0 Å². The van der Waals surface area contributed by atoms with Gasteiger partial charge in [0.05, 0.1) is 5.69 Å². The molecule has 16 heavy (non-hydrogen) atoms. The second-order valence-corrected chi connectivity index (χ2v) is 5.27. The number of aliphatic carboxylic acids is 1. The molecule has 0 aromatic heterocycles. The maximum atomic E-state index is 11.5. The Hall–Kier alpha value is -1.01. The van der Waals surface area contributed by atoms with Crippen LogP contribution in [-0.2, 0) is 9.59 Å². The average molecular weight is 302 g/mol. The number of benzene rings is 1. The predicted molar refractivity (Wildman–Crippen MR) is 64.9 cm³/mol. The fourth-order valence-corrected chi connectivity index (χ4v) is 3.06. The summed E-state index contributed by atoms with van der Waals surface area (Å²) in [7, 11) is 0. The van der Waals surface area contributed by atoms with Gasteiger partial charge in [-0.25, -0.2) is 4.79 Å². The van der Waals surface area contributed by atoms with Crippen LogP contribution in [0.2, 0.25) is 0 Å². The van der Waals surface area contributed by atoms with Gasteiger partial charge in [-0.15, -0.1) is 11.8 Å². The van der Waals surface area contributed by atoms with Gasteiger partial charge in [0.1, 0.15) is 0 Å². The van der Waals surface area contributed by atoms with Gasteiger partial charge in [0.2, 0.25) is 0 Å². The standard InChI is InChI=1S/C10H8BrNO3S/c11-6-1-2-7-8(5-6)16-4-3-12(7)9(13)10(14)15/h1-2,5H,3-4H2,(H,14,15). The number of thioether (sulfide) groups is 1. The second kappa shape index (κ2) is 4.47. The number of nitrogens with zero attached hydrogens (tertiary/aromatic N) is 1. The molecular formula is C10H8BrNO3S. The lowest BCUT2D eigenvalue weighted by atomic mass is 10.2. The lowest BCUT2D eigenvalue weighted by Gasteiger charge is -2.27. The number of halogens is 1. The number of rotatable bonds is 0. The van der Waals surface area contributed by atoms with Crippen molar-refractivity contribution in [2.75, 3.05) is 17.2 Å². The molecule has 0 fully saturated rings. The summed E-state index contributed by atoms with van der Waals surface area (Å²) in [6.45, 7) is 0.435. The molecule has 0 aliphatic carbocycles. The van der Waals surface area contributed by atoms with E-state index < -0.39 is 11.9 Å². The zero-order chi connectivity index (χ0) is 11.7. The van der Waals surface area contributed by atoms with E-state index in [0.717, 1.165) is 9.37 Å². The molecule has 0 radical (unpaired) electrons. The Labute approximate surface area is 105 Å². The first kappa shape index (κ1) is 11.5. The summed E-state index contributed by atoms with van der Waals surface area (Å²) < 4.78 is 0.920. The van der Waals surface area contributed by atoms with Crippen molar-refractivity contribution >= 4 is 45.3 Å². The van der Waals surface area contributed by atoms with Crippen LogP contribution in [0.3, 0.4) is 0 Å². The van der Waals surface area contributed by atoms with E-state index in [1.807, 2.05) is 6.07 Å². The molecule has 1 amide bonds. The molecule has 4 nitrogen and oxygen atoms in total. The molecule has 1 aromatic carbocycles. The first-order chi connectivity index (χ1) is 7.59. The molecule has 1 aliphatic heterocycles. The summed E-state index contributed by atoms with van der Waals surface area (Å²) >= 11 is 4.96. The first-order valence-electron chi connectivity index (χ1n) is 4.57. The number of anilines is 1. The van der Waals surface area contributed by atoms with Crippen LogP contribution in [0.15, 0.2) is 27.6 Å². The summed E-state index contributed by atoms with van der Waals surface area (Å²) in [4.78, 5) is 24.4. The van der Waals surface area contributed by atoms with Gasteiger partial charge in [0, 0.05) is 21.7 Å². The molecule has 0 atom stereocenters. The van der Waals surface area contributed by atoms with Crippen LogP contribution >= 0.6 is 27.7 Å². The Kier molecular flexibility index (Phi) is 3.20. The third-order valence-corrected chi connectivity index (χ3v) is 3.73. The van der Waals surface area contributed by atoms with Crippen molar-refractivity contribution in [2.45, 2.75) is 4.90 Å². The summed E-state index contributed by atoms with van der Waals surface area (Å²) in [5.74, 6) is -1.58. The van der Waals surface area contributed by atoms with E-state index in [1.165, 1.54) is 4.90 Å². The average Bonchev–Trinajstić information content (AvgIpc) is 2.26. The zero-order valence-corrected chi connectivity index (χ0v) is 10.5. The first-order valence-corrected chi connectivity index (χ1v) is 6.34. The fraction of sp³-hybridized carbons (Fsp3) is 0.200. The van der Waals surface area contributed by atoms with Crippen molar-refractivity contribution in [3.05, 3.63) is 22.7 Å². The quantitative estimate of drug-likeness (QED) is 0.745. The maximum absolute atomic E-state index is 11.5. The van der Waals surface area contributed by atoms with Crippen molar-refractivity contribution < 1.29 is 14.7 Å². The Morgan fingerprint density at radius 1 is 1.44 bits per heavy atom. The summed E-state index contributed by atoms with van der Waals surface area (Å²) in [5.41, 5.74) is 0.673. The van der Waals surface area contributed by atoms with Crippen LogP contribution in [0.4, 0.5) is 5.69 Å². The van der Waals surface area contributed by atoms with Gasteiger partial charge < -0.3 is 10.0 Å². The topological polar surface area (TPSA) is 57.6 Å². The predicted octanol–water partition coefficient (Wildman–Crippen LogP) is 1.97. The summed E-state index contributed by atoms with van der Waals surface area (Å²) in [6.07, 6.45) is 0. The molecule has 0 spiro atoms. The molecule has 0 unspecified atom stereocenters. The number of carbonyl (C=O) groups excluding carboxylic acids is 1. The minimum Gasteiger partial charge on any atom is -0.474 e. The van der Waals surface area contributed by atoms with E-state index in [2.05, 4.69) is 15.9 Å². The van der Waals surface area contributed by atoms with Crippen LogP contribution in [0.1, 0.15) is 0 Å². The number of carbonyl (C=O) groups is 2. The van der Waals surface area contributed by atoms with E-state index >= 15 is 0 Å². The third kappa shape index (κ3) is 2.08. The molecular weight excluding hydrogens is 294 g/mol. The van der Waals surface area contributed by atoms with Crippen LogP contribution in [-0.4, -0.2) is 29.3 Å². The smallest absolute Gasteiger partial charge is 0.394 e. The molecule has 2 rings (SSSR count). The molecule has 84 valence electrons. The van der Waals surface area contributed by atoms with E-state index in [0.29, 0.717) is 18.0 Å². The lowest BCUT2D eigenvalue weighted by molar-refractivity contribution is -0.148. The van der Waals surface area contributed by atoms with Gasteiger partial charge in [-0.2, -0.15) is 0 Å². The third-order valence-electron chi connectivity index (χ3n) is 2.21. The fourth-order valence-electron chi connectivity index (χ4n) is 1.52. The van der Waals surface area contributed by atoms with E-state index in [4.69, 9.17) is 5.11 Å². The van der Waals surface area contributed by atoms with Gasteiger partial charge in [0.15, 0.2) is 0 Å². The molecule has 1 heterocycles. The number of amides is 1. The van der Waals surface area contributed by atoms with Gasteiger partial charge in [-0.1, -0.05) is 15.9 Å². The highest BCUT2D eigenvalue weighted by Gasteiger charge is 2.27. The highest BCUT2D eigenvalue weighted by Crippen LogP contribution is 2.36. The van der Waals surface area contributed by atoms with Crippen molar-refractivity contribution in [1.29, 1.82) is 0 Å². The van der Waals surface area contributed by atoms with Crippen molar-refractivity contribution in [2.24, 2.45) is 0 Å². The Bertz CT molecular complexity index is 463. The Morgan fingerprint density at radius 2 is 2.19 bits per heavy atom. The molecule has 6 heteroatoms. The molecule has 1 N–H and O–H groups in total. The van der Waals surface area contributed by atoms with Crippen LogP contribution in [0.5, 0.6) is 0 Å². The second-order valence-electron chi connectivity index (χ2n) is 3.22. The number of carboxylic acids is 1. The van der Waals surface area contributed by atoms with Gasteiger partial charge >= 0.3 is 11.9 Å². The van der Waals surface area contributed by atoms with E-state index in [-0.39, 0.29) is 0 Å². The minimum absolute atomic E-state index is 0.435. The van der Waals surface area contributed by atoms with Crippen LogP contribution in [0.25, 0.3) is 0 Å². The Morgan fingerprint density at radius 3 is 2.88 bits per heavy atom. The SMILES string of the molecule is O=C(O)C(=O)N1CCSc2cc(Br)ccc21. The van der Waals surface area contributed by atoms with E-state index in [9.17, 15) is 9.59 Å². The van der Waals surface area contributed by atoms with Gasteiger partial charge in [-0.05, 0) is 18.2 Å². The van der Waals surface area contributed by atoms with Crippen LogP contribution < -0.4 is 4.90 Å². The highest BCUT2D eigenvalue weighted by atomic mass is 79.9. The lowest BCUT2D eigenvalue weighted by Crippen LogP contribution is -2.39. The van der Waals surface area contributed by atoms with Gasteiger partial charge in [-0.3, -0.25) is 4.79 Å². The van der Waals surface area contributed by atoms with E-state index in [1.54, 1.807) is 23.9 Å². The zero-order valence-electron chi connectivity index (χ0n) is 8.14. The normalized spacial score (nSPS) is 14.4. The molecule has 0 saturated heterocycles. The number of carboxylic acid groups (broad SMARTS) is 1. The highest BCUT2D eigenvalue weighted by molar-refractivity contribution is 9.10. The molecule has 0 bridgehead atoms. The molecule has 1 aromatic rings. The number of hydrogen-bond acceptors (Lipinski definition) is 3. The minimum atomic E-state index is -1.42. The summed E-state index contributed by atoms with van der Waals surface area (Å²) in [5, 5.41) is 8.71.